The summed E-state index contributed by atoms with van der Waals surface area (Å²) in [7, 11) is 0. The number of rotatable bonds is 7. The molecule has 1 aliphatic heterocycles. The van der Waals surface area contributed by atoms with Gasteiger partial charge in [-0.15, -0.1) is 35.3 Å². The van der Waals surface area contributed by atoms with Gasteiger partial charge >= 0.3 is 0 Å². The van der Waals surface area contributed by atoms with Crippen molar-refractivity contribution < 1.29 is 0 Å². The smallest absolute Gasteiger partial charge is 0.191 e. The number of likely N-dealkylation sites (tertiary alicyclic amines) is 1. The molecule has 0 bridgehead atoms. The van der Waals surface area contributed by atoms with Gasteiger partial charge in [0.05, 0.1) is 6.54 Å². The molecule has 0 amide bonds. The maximum Gasteiger partial charge on any atom is 0.191 e. The summed E-state index contributed by atoms with van der Waals surface area (Å²) in [5.74, 6) is 0.908. The van der Waals surface area contributed by atoms with E-state index >= 15 is 0 Å². The minimum atomic E-state index is 0. The SMILES string of the molecule is CCNC(=NCc1ncc(CC)s1)NC1CCN(C(C)c2ccccc2)CC1.I. The van der Waals surface area contributed by atoms with Crippen molar-refractivity contribution >= 4 is 41.3 Å². The zero-order chi connectivity index (χ0) is 19.8. The molecule has 1 aromatic heterocycles. The Kier molecular flexibility index (Phi) is 10.4. The van der Waals surface area contributed by atoms with Crippen LogP contribution in [0.3, 0.4) is 0 Å². The van der Waals surface area contributed by atoms with E-state index in [4.69, 9.17) is 4.99 Å². The van der Waals surface area contributed by atoms with Crippen molar-refractivity contribution in [2.45, 2.75) is 58.7 Å². The third-order valence-electron chi connectivity index (χ3n) is 5.37. The Morgan fingerprint density at radius 1 is 1.24 bits per heavy atom. The molecule has 2 N–H and O–H groups in total. The number of thiazole rings is 1. The molecule has 1 saturated heterocycles. The maximum atomic E-state index is 4.76. The van der Waals surface area contributed by atoms with Crippen LogP contribution in [0.25, 0.3) is 0 Å². The fourth-order valence-corrected chi connectivity index (χ4v) is 4.41. The molecule has 0 spiro atoms. The predicted octanol–water partition coefficient (Wildman–Crippen LogP) is 4.60. The number of piperidine rings is 1. The van der Waals surface area contributed by atoms with Crippen molar-refractivity contribution in [1.29, 1.82) is 0 Å². The lowest BCUT2D eigenvalue weighted by Crippen LogP contribution is -2.49. The lowest BCUT2D eigenvalue weighted by Gasteiger charge is -2.37. The molecule has 0 saturated carbocycles. The van der Waals surface area contributed by atoms with Crippen LogP contribution in [-0.4, -0.2) is 41.5 Å². The van der Waals surface area contributed by atoms with Crippen molar-refractivity contribution in [3.63, 3.8) is 0 Å². The molecule has 0 radical (unpaired) electrons. The first-order valence-corrected chi connectivity index (χ1v) is 11.3. The van der Waals surface area contributed by atoms with Gasteiger partial charge in [0.25, 0.3) is 0 Å². The highest BCUT2D eigenvalue weighted by Crippen LogP contribution is 2.24. The zero-order valence-corrected chi connectivity index (χ0v) is 20.9. The molecular formula is C22H34IN5S. The lowest BCUT2D eigenvalue weighted by molar-refractivity contribution is 0.158. The number of aryl methyl sites for hydroxylation is 1. The van der Waals surface area contributed by atoms with E-state index in [-0.39, 0.29) is 24.0 Å². The van der Waals surface area contributed by atoms with E-state index in [1.54, 1.807) is 11.3 Å². The summed E-state index contributed by atoms with van der Waals surface area (Å²) in [5.41, 5.74) is 1.40. The van der Waals surface area contributed by atoms with Gasteiger partial charge in [0.15, 0.2) is 5.96 Å². The number of hydrogen-bond acceptors (Lipinski definition) is 4. The Morgan fingerprint density at radius 2 is 1.97 bits per heavy atom. The summed E-state index contributed by atoms with van der Waals surface area (Å²) < 4.78 is 0. The van der Waals surface area contributed by atoms with Gasteiger partial charge in [-0.2, -0.15) is 0 Å². The van der Waals surface area contributed by atoms with Crippen LogP contribution in [0.5, 0.6) is 0 Å². The summed E-state index contributed by atoms with van der Waals surface area (Å²) in [5, 5.41) is 8.10. The number of nitrogens with zero attached hydrogens (tertiary/aromatic N) is 3. The fraction of sp³-hybridized carbons (Fsp3) is 0.545. The summed E-state index contributed by atoms with van der Waals surface area (Å²) in [6.07, 6.45) is 5.29. The molecular weight excluding hydrogens is 493 g/mol. The number of aliphatic imine (C=N–C) groups is 1. The van der Waals surface area contributed by atoms with Gasteiger partial charge in [-0.3, -0.25) is 4.90 Å². The van der Waals surface area contributed by atoms with Gasteiger partial charge < -0.3 is 10.6 Å². The van der Waals surface area contributed by atoms with Gasteiger partial charge in [0.1, 0.15) is 5.01 Å². The summed E-state index contributed by atoms with van der Waals surface area (Å²) >= 11 is 1.76. The Morgan fingerprint density at radius 3 is 2.59 bits per heavy atom. The average Bonchev–Trinajstić information content (AvgIpc) is 3.21. The Hall–Kier alpha value is -1.19. The highest BCUT2D eigenvalue weighted by molar-refractivity contribution is 14.0. The monoisotopic (exact) mass is 527 g/mol. The third-order valence-corrected chi connectivity index (χ3v) is 6.49. The molecule has 5 nitrogen and oxygen atoms in total. The quantitative estimate of drug-likeness (QED) is 0.314. The average molecular weight is 528 g/mol. The molecule has 1 aromatic carbocycles. The molecule has 1 unspecified atom stereocenters. The van der Waals surface area contributed by atoms with Gasteiger partial charge in [-0.25, -0.2) is 9.98 Å². The molecule has 2 heterocycles. The first kappa shape index (κ1) is 24.1. The van der Waals surface area contributed by atoms with Crippen LogP contribution in [-0.2, 0) is 13.0 Å². The second kappa shape index (κ2) is 12.5. The number of halogens is 1. The molecule has 160 valence electrons. The number of aromatic nitrogens is 1. The number of hydrogen-bond donors (Lipinski definition) is 2. The van der Waals surface area contributed by atoms with E-state index in [2.05, 4.69) is 71.6 Å². The second-order valence-corrected chi connectivity index (χ2v) is 8.51. The van der Waals surface area contributed by atoms with Crippen molar-refractivity contribution in [3.8, 4) is 0 Å². The molecule has 7 heteroatoms. The third kappa shape index (κ3) is 7.22. The number of guanidine groups is 1. The molecule has 2 aromatic rings. The van der Waals surface area contributed by atoms with Crippen LogP contribution in [0.1, 0.15) is 55.1 Å². The van der Waals surface area contributed by atoms with Crippen molar-refractivity contribution in [2.24, 2.45) is 4.99 Å². The van der Waals surface area contributed by atoms with Crippen LogP contribution in [0.15, 0.2) is 41.5 Å². The standard InChI is InChI=1S/C22H33N5S.HI/c1-4-20-15-24-21(28-20)16-25-22(23-5-2)26-19-11-13-27(14-12-19)17(3)18-9-7-6-8-10-18;/h6-10,15,17,19H,4-5,11-14,16H2,1-3H3,(H2,23,25,26);1H. The Labute approximate surface area is 196 Å². The summed E-state index contributed by atoms with van der Waals surface area (Å²) in [4.78, 5) is 13.1. The first-order chi connectivity index (χ1) is 13.7. The zero-order valence-electron chi connectivity index (χ0n) is 17.7. The first-order valence-electron chi connectivity index (χ1n) is 10.5. The maximum absolute atomic E-state index is 4.76. The molecule has 1 aliphatic rings. The highest BCUT2D eigenvalue weighted by atomic mass is 127. The molecule has 1 fully saturated rings. The fourth-order valence-electron chi connectivity index (χ4n) is 3.62. The molecule has 29 heavy (non-hydrogen) atoms. The minimum Gasteiger partial charge on any atom is -0.357 e. The van der Waals surface area contributed by atoms with Gasteiger partial charge in [0, 0.05) is 42.8 Å². The molecule has 1 atom stereocenters. The van der Waals surface area contributed by atoms with E-state index in [1.807, 2.05) is 6.20 Å². The van der Waals surface area contributed by atoms with Gasteiger partial charge in [-0.05, 0) is 38.7 Å². The predicted molar refractivity (Wildman–Crippen MR) is 134 cm³/mol. The topological polar surface area (TPSA) is 52.6 Å². The van der Waals surface area contributed by atoms with Crippen molar-refractivity contribution in [2.75, 3.05) is 19.6 Å². The van der Waals surface area contributed by atoms with Gasteiger partial charge in [0.2, 0.25) is 0 Å². The van der Waals surface area contributed by atoms with Crippen LogP contribution in [0.4, 0.5) is 0 Å². The molecule has 0 aliphatic carbocycles. The highest BCUT2D eigenvalue weighted by Gasteiger charge is 2.24. The van der Waals surface area contributed by atoms with Crippen molar-refractivity contribution in [1.82, 2.24) is 20.5 Å². The Balaban J connectivity index is 0.00000300. The van der Waals surface area contributed by atoms with Crippen LogP contribution >= 0.6 is 35.3 Å². The van der Waals surface area contributed by atoms with E-state index in [0.717, 1.165) is 49.9 Å². The second-order valence-electron chi connectivity index (χ2n) is 7.31. The van der Waals surface area contributed by atoms with Crippen LogP contribution in [0, 0.1) is 0 Å². The number of benzene rings is 1. The minimum absolute atomic E-state index is 0. The normalized spacial score (nSPS) is 16.9. The summed E-state index contributed by atoms with van der Waals surface area (Å²) in [6, 6.07) is 11.8. The number of nitrogens with one attached hydrogen (secondary N) is 2. The van der Waals surface area contributed by atoms with Crippen LogP contribution < -0.4 is 10.6 Å². The largest absolute Gasteiger partial charge is 0.357 e. The lowest BCUT2D eigenvalue weighted by atomic mass is 10.0. The van der Waals surface area contributed by atoms with E-state index in [1.165, 1.54) is 10.4 Å². The Bertz CT molecular complexity index is 741. The van der Waals surface area contributed by atoms with E-state index in [0.29, 0.717) is 18.6 Å². The summed E-state index contributed by atoms with van der Waals surface area (Å²) in [6.45, 7) is 10.3. The molecule has 3 rings (SSSR count). The van der Waals surface area contributed by atoms with E-state index < -0.39 is 0 Å². The van der Waals surface area contributed by atoms with Gasteiger partial charge in [-0.1, -0.05) is 37.3 Å². The van der Waals surface area contributed by atoms with Crippen molar-refractivity contribution in [3.05, 3.63) is 52.0 Å². The van der Waals surface area contributed by atoms with E-state index in [9.17, 15) is 0 Å². The van der Waals surface area contributed by atoms with Crippen LogP contribution in [0.2, 0.25) is 0 Å².